The van der Waals surface area contributed by atoms with Gasteiger partial charge in [0.25, 0.3) is 0 Å². The molecule has 0 bridgehead atoms. The summed E-state index contributed by atoms with van der Waals surface area (Å²) in [7, 11) is 0. The Balaban J connectivity index is 0.000000433. The number of benzene rings is 1. The molecule has 6 heteroatoms. The van der Waals surface area contributed by atoms with Gasteiger partial charge in [0, 0.05) is 6.04 Å². The topological polar surface area (TPSA) is 125 Å². The zero-order chi connectivity index (χ0) is 16.6. The van der Waals surface area contributed by atoms with Crippen molar-refractivity contribution in [2.45, 2.75) is 45.9 Å². The summed E-state index contributed by atoms with van der Waals surface area (Å²) in [5.41, 5.74) is 17.7. The van der Waals surface area contributed by atoms with Gasteiger partial charge in [-0.25, -0.2) is 0 Å². The molecule has 21 heavy (non-hydrogen) atoms. The molecule has 1 rings (SSSR count). The summed E-state index contributed by atoms with van der Waals surface area (Å²) in [6.45, 7) is 8.02. The van der Waals surface area contributed by atoms with E-state index in [1.165, 1.54) is 18.1 Å². The second kappa shape index (κ2) is 9.33. The minimum absolute atomic E-state index is 0.0824. The molecule has 7 N–H and O–H groups in total. The van der Waals surface area contributed by atoms with E-state index in [9.17, 15) is 4.79 Å². The Morgan fingerprint density at radius 1 is 1.24 bits per heavy atom. The third kappa shape index (κ3) is 7.65. The van der Waals surface area contributed by atoms with Crippen LogP contribution in [0.1, 0.15) is 25.0 Å². The number of rotatable bonds is 5. The Kier molecular flexibility index (Phi) is 8.61. The van der Waals surface area contributed by atoms with Gasteiger partial charge in [0.2, 0.25) is 5.91 Å². The van der Waals surface area contributed by atoms with Gasteiger partial charge in [-0.15, -0.1) is 0 Å². The van der Waals surface area contributed by atoms with Crippen molar-refractivity contribution in [3.8, 4) is 5.75 Å². The van der Waals surface area contributed by atoms with Crippen LogP contribution in [0.25, 0.3) is 0 Å². The molecule has 1 aromatic carbocycles. The van der Waals surface area contributed by atoms with Gasteiger partial charge >= 0.3 is 0 Å². The van der Waals surface area contributed by atoms with Crippen LogP contribution < -0.4 is 21.9 Å². The summed E-state index contributed by atoms with van der Waals surface area (Å²) < 4.78 is 5.60. The lowest BCUT2D eigenvalue weighted by molar-refractivity contribution is -0.121. The number of hydrogen-bond acceptors (Lipinski definition) is 5. The monoisotopic (exact) mass is 297 g/mol. The Bertz CT molecular complexity index is 428. The van der Waals surface area contributed by atoms with Crippen molar-refractivity contribution >= 4 is 5.91 Å². The predicted octanol–water partition coefficient (Wildman–Crippen LogP) is 0.209. The number of aliphatic hydroxyl groups is 1. The summed E-state index contributed by atoms with van der Waals surface area (Å²) in [5, 5.41) is 8.57. The first-order chi connectivity index (χ1) is 9.66. The smallest absolute Gasteiger partial charge is 0.237 e. The van der Waals surface area contributed by atoms with Crippen LogP contribution in [0.4, 0.5) is 0 Å². The van der Waals surface area contributed by atoms with E-state index in [-0.39, 0.29) is 6.04 Å². The summed E-state index contributed by atoms with van der Waals surface area (Å²) in [5.74, 6) is 0.291. The number of carbonyl (C=O) groups excluding carboxylic acids is 1. The van der Waals surface area contributed by atoms with Gasteiger partial charge in [-0.3, -0.25) is 4.79 Å². The largest absolute Gasteiger partial charge is 0.491 e. The molecule has 0 fully saturated rings. The molecule has 0 saturated carbocycles. The molecule has 0 aliphatic heterocycles. The second-order valence-electron chi connectivity index (χ2n) is 5.18. The van der Waals surface area contributed by atoms with Crippen LogP contribution in [0.2, 0.25) is 0 Å². The summed E-state index contributed by atoms with van der Waals surface area (Å²) >= 11 is 0. The van der Waals surface area contributed by atoms with Crippen molar-refractivity contribution < 1.29 is 14.6 Å². The van der Waals surface area contributed by atoms with Crippen LogP contribution in [-0.2, 0) is 4.79 Å². The molecule has 0 aliphatic rings. The number of hydrogen-bond donors (Lipinski definition) is 4. The van der Waals surface area contributed by atoms with Gasteiger partial charge in [0.05, 0.1) is 6.10 Å². The van der Waals surface area contributed by atoms with Crippen LogP contribution in [0.3, 0.4) is 0 Å². The average Bonchev–Trinajstić information content (AvgIpc) is 2.37. The van der Waals surface area contributed by atoms with Gasteiger partial charge in [0.15, 0.2) is 0 Å². The molecule has 0 radical (unpaired) electrons. The number of nitrogens with two attached hydrogens (primary N) is 3. The van der Waals surface area contributed by atoms with Gasteiger partial charge in [-0.1, -0.05) is 18.2 Å². The molecular formula is C15H27N3O3. The fourth-order valence-corrected chi connectivity index (χ4v) is 1.48. The van der Waals surface area contributed by atoms with E-state index in [4.69, 9.17) is 27.0 Å². The summed E-state index contributed by atoms with van der Waals surface area (Å²) in [6, 6.07) is 5.27. The van der Waals surface area contributed by atoms with Crippen LogP contribution in [0.15, 0.2) is 18.2 Å². The molecule has 6 nitrogen and oxygen atoms in total. The van der Waals surface area contributed by atoms with Crippen molar-refractivity contribution in [3.05, 3.63) is 29.3 Å². The molecular weight excluding hydrogens is 270 g/mol. The minimum Gasteiger partial charge on any atom is -0.491 e. The zero-order valence-corrected chi connectivity index (χ0v) is 13.2. The van der Waals surface area contributed by atoms with Gasteiger partial charge in [-0.2, -0.15) is 0 Å². The third-order valence-electron chi connectivity index (χ3n) is 2.75. The first-order valence-electron chi connectivity index (χ1n) is 6.84. The maximum Gasteiger partial charge on any atom is 0.237 e. The van der Waals surface area contributed by atoms with E-state index < -0.39 is 18.1 Å². The van der Waals surface area contributed by atoms with Gasteiger partial charge in [-0.05, 0) is 38.8 Å². The molecule has 3 unspecified atom stereocenters. The molecule has 0 spiro atoms. The number of carbonyl (C=O) groups is 1. The van der Waals surface area contributed by atoms with Crippen molar-refractivity contribution in [3.63, 3.8) is 0 Å². The highest BCUT2D eigenvalue weighted by atomic mass is 16.5. The highest BCUT2D eigenvalue weighted by Gasteiger charge is 2.13. The minimum atomic E-state index is -0.935. The molecule has 120 valence electrons. The van der Waals surface area contributed by atoms with Crippen molar-refractivity contribution in [1.29, 1.82) is 0 Å². The SMILES string of the molecule is CC(O)C(N)C(N)=O.Cc1cccc(C)c1OCC(C)N. The van der Waals surface area contributed by atoms with Crippen molar-refractivity contribution in [2.75, 3.05) is 6.61 Å². The zero-order valence-electron chi connectivity index (χ0n) is 13.2. The first-order valence-corrected chi connectivity index (χ1v) is 6.84. The first kappa shape index (κ1) is 19.4. The highest BCUT2D eigenvalue weighted by Crippen LogP contribution is 2.22. The maximum atomic E-state index is 10.1. The highest BCUT2D eigenvalue weighted by molar-refractivity contribution is 5.80. The number of amides is 1. The van der Waals surface area contributed by atoms with Crippen LogP contribution in [0, 0.1) is 13.8 Å². The maximum absolute atomic E-state index is 10.1. The van der Waals surface area contributed by atoms with Crippen LogP contribution in [-0.4, -0.2) is 35.8 Å². The lowest BCUT2D eigenvalue weighted by Gasteiger charge is -2.13. The van der Waals surface area contributed by atoms with E-state index in [0.29, 0.717) is 6.61 Å². The number of aryl methyl sites for hydroxylation is 2. The van der Waals surface area contributed by atoms with Crippen LogP contribution >= 0.6 is 0 Å². The number of primary amides is 1. The third-order valence-corrected chi connectivity index (χ3v) is 2.75. The number of aliphatic hydroxyl groups excluding tert-OH is 1. The summed E-state index contributed by atoms with van der Waals surface area (Å²) in [4.78, 5) is 10.1. The average molecular weight is 297 g/mol. The predicted molar refractivity (Wildman–Crippen MR) is 83.9 cm³/mol. The van der Waals surface area contributed by atoms with Gasteiger partial charge < -0.3 is 27.0 Å². The molecule has 1 amide bonds. The fourth-order valence-electron chi connectivity index (χ4n) is 1.48. The number of para-hydroxylation sites is 1. The van der Waals surface area contributed by atoms with E-state index in [2.05, 4.69) is 0 Å². The molecule has 1 aromatic rings. The Hall–Kier alpha value is -1.63. The molecule has 0 aliphatic carbocycles. The van der Waals surface area contributed by atoms with E-state index in [0.717, 1.165) is 5.75 Å². The van der Waals surface area contributed by atoms with E-state index >= 15 is 0 Å². The van der Waals surface area contributed by atoms with Crippen molar-refractivity contribution in [2.24, 2.45) is 17.2 Å². The fraction of sp³-hybridized carbons (Fsp3) is 0.533. The molecule has 0 aromatic heterocycles. The lowest BCUT2D eigenvalue weighted by Crippen LogP contribution is -2.44. The normalized spacial score (nSPS) is 14.4. The Labute approximate surface area is 126 Å². The Morgan fingerprint density at radius 3 is 2.00 bits per heavy atom. The molecule has 3 atom stereocenters. The Morgan fingerprint density at radius 2 is 1.71 bits per heavy atom. The lowest BCUT2D eigenvalue weighted by atomic mass is 10.1. The standard InChI is InChI=1S/C11H17NO.C4H10N2O2/c1-8-5-4-6-9(2)11(8)13-7-10(3)12;1-2(7)3(5)4(6)8/h4-6,10H,7,12H2,1-3H3;2-3,7H,5H2,1H3,(H2,6,8). The van der Waals surface area contributed by atoms with Crippen molar-refractivity contribution in [1.82, 2.24) is 0 Å². The number of ether oxygens (including phenoxy) is 1. The van der Waals surface area contributed by atoms with Crippen LogP contribution in [0.5, 0.6) is 5.75 Å². The van der Waals surface area contributed by atoms with E-state index in [1.54, 1.807) is 0 Å². The molecule has 0 heterocycles. The summed E-state index contributed by atoms with van der Waals surface area (Å²) in [6.07, 6.45) is -0.854. The van der Waals surface area contributed by atoms with Gasteiger partial charge in [0.1, 0.15) is 18.4 Å². The van der Waals surface area contributed by atoms with E-state index in [1.807, 2.05) is 39.0 Å². The molecule has 0 saturated heterocycles. The second-order valence-corrected chi connectivity index (χ2v) is 5.18. The quantitative estimate of drug-likeness (QED) is 0.618.